The SMILES string of the molecule is COCCN(C)CCNS(=O)(=O)C(C)CNC(C)C. The molecule has 0 spiro atoms. The molecule has 7 heteroatoms. The first-order valence-electron chi connectivity index (χ1n) is 6.69. The Morgan fingerprint density at radius 1 is 1.21 bits per heavy atom. The molecule has 0 bridgehead atoms. The van der Waals surface area contributed by atoms with Crippen LogP contribution < -0.4 is 10.0 Å². The summed E-state index contributed by atoms with van der Waals surface area (Å²) in [6.45, 7) is 8.72. The quantitative estimate of drug-likeness (QED) is 0.556. The molecule has 0 aliphatic carbocycles. The first kappa shape index (κ1) is 18.8. The van der Waals surface area contributed by atoms with Crippen molar-refractivity contribution in [1.29, 1.82) is 0 Å². The Morgan fingerprint density at radius 3 is 2.37 bits per heavy atom. The number of ether oxygens (including phenoxy) is 1. The zero-order valence-electron chi connectivity index (χ0n) is 12.8. The Morgan fingerprint density at radius 2 is 1.84 bits per heavy atom. The lowest BCUT2D eigenvalue weighted by atomic mass is 10.3. The molecule has 116 valence electrons. The van der Waals surface area contributed by atoms with Crippen molar-refractivity contribution < 1.29 is 13.2 Å². The molecule has 19 heavy (non-hydrogen) atoms. The number of nitrogens with one attached hydrogen (secondary N) is 2. The number of hydrogen-bond donors (Lipinski definition) is 2. The van der Waals surface area contributed by atoms with Gasteiger partial charge in [-0.1, -0.05) is 13.8 Å². The van der Waals surface area contributed by atoms with Gasteiger partial charge in [-0.05, 0) is 14.0 Å². The number of rotatable bonds is 11. The van der Waals surface area contributed by atoms with Gasteiger partial charge in [-0.15, -0.1) is 0 Å². The monoisotopic (exact) mass is 295 g/mol. The van der Waals surface area contributed by atoms with Crippen LogP contribution in [0.15, 0.2) is 0 Å². The minimum absolute atomic E-state index is 0.290. The van der Waals surface area contributed by atoms with Crippen LogP contribution in [0.3, 0.4) is 0 Å². The van der Waals surface area contributed by atoms with Crippen molar-refractivity contribution in [2.45, 2.75) is 32.1 Å². The van der Waals surface area contributed by atoms with E-state index < -0.39 is 15.3 Å². The van der Waals surface area contributed by atoms with Gasteiger partial charge < -0.3 is 15.0 Å². The standard InChI is InChI=1S/C12H29N3O3S/c1-11(2)13-10-12(3)19(16,17)14-6-7-15(4)8-9-18-5/h11-14H,6-10H2,1-5H3. The van der Waals surface area contributed by atoms with Crippen molar-refractivity contribution in [3.05, 3.63) is 0 Å². The Balaban J connectivity index is 3.95. The average Bonchev–Trinajstić information content (AvgIpc) is 2.32. The van der Waals surface area contributed by atoms with Crippen LogP contribution in [0.2, 0.25) is 0 Å². The molecule has 0 aromatic carbocycles. The molecule has 0 aliphatic rings. The molecule has 0 amide bonds. The Labute approximate surface area is 117 Å². The van der Waals surface area contributed by atoms with E-state index in [2.05, 4.69) is 10.0 Å². The van der Waals surface area contributed by atoms with E-state index in [-0.39, 0.29) is 6.04 Å². The van der Waals surface area contributed by atoms with Crippen LogP contribution >= 0.6 is 0 Å². The van der Waals surface area contributed by atoms with Gasteiger partial charge in [-0.3, -0.25) is 0 Å². The molecule has 6 nitrogen and oxygen atoms in total. The summed E-state index contributed by atoms with van der Waals surface area (Å²) < 4.78 is 31.5. The van der Waals surface area contributed by atoms with Crippen molar-refractivity contribution in [1.82, 2.24) is 14.9 Å². The number of hydrogen-bond acceptors (Lipinski definition) is 5. The molecule has 0 aromatic heterocycles. The summed E-state index contributed by atoms with van der Waals surface area (Å²) in [5, 5.41) is 2.70. The molecule has 0 fully saturated rings. The molecule has 0 radical (unpaired) electrons. The summed E-state index contributed by atoms with van der Waals surface area (Å²) in [6, 6.07) is 0.290. The molecule has 0 rings (SSSR count). The van der Waals surface area contributed by atoms with Gasteiger partial charge in [0.1, 0.15) is 0 Å². The fourth-order valence-corrected chi connectivity index (χ4v) is 2.37. The summed E-state index contributed by atoms with van der Waals surface area (Å²) in [5.74, 6) is 0. The van der Waals surface area contributed by atoms with Crippen LogP contribution in [0, 0.1) is 0 Å². The van der Waals surface area contributed by atoms with Crippen LogP contribution in [-0.4, -0.2) is 71.6 Å². The Kier molecular flexibility index (Phi) is 9.55. The van der Waals surface area contributed by atoms with Gasteiger partial charge in [0.15, 0.2) is 0 Å². The van der Waals surface area contributed by atoms with Crippen LogP contribution in [0.1, 0.15) is 20.8 Å². The first-order valence-corrected chi connectivity index (χ1v) is 8.23. The summed E-state index contributed by atoms with van der Waals surface area (Å²) in [6.07, 6.45) is 0. The molecule has 0 aliphatic heterocycles. The van der Waals surface area contributed by atoms with Crippen molar-refractivity contribution in [2.75, 3.05) is 46.9 Å². The van der Waals surface area contributed by atoms with Crippen molar-refractivity contribution in [3.8, 4) is 0 Å². The molecule has 0 aromatic rings. The lowest BCUT2D eigenvalue weighted by Crippen LogP contribution is -2.43. The zero-order valence-corrected chi connectivity index (χ0v) is 13.6. The average molecular weight is 295 g/mol. The summed E-state index contributed by atoms with van der Waals surface area (Å²) in [7, 11) is 0.352. The molecular weight excluding hydrogens is 266 g/mol. The molecule has 0 saturated carbocycles. The van der Waals surface area contributed by atoms with E-state index in [1.807, 2.05) is 25.8 Å². The minimum atomic E-state index is -3.24. The zero-order chi connectivity index (χ0) is 14.9. The fraction of sp³-hybridized carbons (Fsp3) is 1.00. The second kappa shape index (κ2) is 9.66. The maximum Gasteiger partial charge on any atom is 0.215 e. The second-order valence-corrected chi connectivity index (χ2v) is 7.29. The molecule has 0 heterocycles. The second-order valence-electron chi connectivity index (χ2n) is 5.11. The van der Waals surface area contributed by atoms with Crippen molar-refractivity contribution in [3.63, 3.8) is 0 Å². The number of sulfonamides is 1. The highest BCUT2D eigenvalue weighted by Crippen LogP contribution is 1.97. The maximum atomic E-state index is 11.9. The van der Waals surface area contributed by atoms with E-state index in [9.17, 15) is 8.42 Å². The third-order valence-electron chi connectivity index (χ3n) is 2.82. The van der Waals surface area contributed by atoms with Crippen molar-refractivity contribution >= 4 is 10.0 Å². The number of nitrogens with zero attached hydrogens (tertiary/aromatic N) is 1. The van der Waals surface area contributed by atoms with Gasteiger partial charge >= 0.3 is 0 Å². The Hall–Kier alpha value is -0.210. The normalized spacial score (nSPS) is 14.3. The first-order chi connectivity index (χ1) is 8.79. The summed E-state index contributed by atoms with van der Waals surface area (Å²) >= 11 is 0. The van der Waals surface area contributed by atoms with E-state index in [0.29, 0.717) is 26.2 Å². The largest absolute Gasteiger partial charge is 0.383 e. The third kappa shape index (κ3) is 9.34. The van der Waals surface area contributed by atoms with Gasteiger partial charge in [0.05, 0.1) is 11.9 Å². The molecule has 0 saturated heterocycles. The van der Waals surface area contributed by atoms with E-state index in [0.717, 1.165) is 6.54 Å². The van der Waals surface area contributed by atoms with Crippen LogP contribution in [0.5, 0.6) is 0 Å². The van der Waals surface area contributed by atoms with E-state index in [1.54, 1.807) is 14.0 Å². The van der Waals surface area contributed by atoms with Gasteiger partial charge in [-0.2, -0.15) is 0 Å². The lowest BCUT2D eigenvalue weighted by molar-refractivity contribution is 0.162. The number of likely N-dealkylation sites (N-methyl/N-ethyl adjacent to an activating group) is 1. The van der Waals surface area contributed by atoms with E-state index in [1.165, 1.54) is 0 Å². The smallest absolute Gasteiger partial charge is 0.215 e. The van der Waals surface area contributed by atoms with Crippen LogP contribution in [-0.2, 0) is 14.8 Å². The highest BCUT2D eigenvalue weighted by atomic mass is 32.2. The predicted octanol–water partition coefficient (Wildman–Crippen LogP) is -0.129. The van der Waals surface area contributed by atoms with Gasteiger partial charge in [-0.25, -0.2) is 13.1 Å². The highest BCUT2D eigenvalue weighted by molar-refractivity contribution is 7.90. The number of methoxy groups -OCH3 is 1. The summed E-state index contributed by atoms with van der Waals surface area (Å²) in [4.78, 5) is 2.03. The van der Waals surface area contributed by atoms with Crippen molar-refractivity contribution in [2.24, 2.45) is 0 Å². The third-order valence-corrected chi connectivity index (χ3v) is 4.65. The minimum Gasteiger partial charge on any atom is -0.383 e. The fourth-order valence-electron chi connectivity index (χ4n) is 1.39. The van der Waals surface area contributed by atoms with Crippen LogP contribution in [0.4, 0.5) is 0 Å². The summed E-state index contributed by atoms with van der Waals surface area (Å²) in [5.41, 5.74) is 0. The molecule has 1 unspecified atom stereocenters. The lowest BCUT2D eigenvalue weighted by Gasteiger charge is -2.19. The highest BCUT2D eigenvalue weighted by Gasteiger charge is 2.19. The van der Waals surface area contributed by atoms with Gasteiger partial charge in [0.2, 0.25) is 10.0 Å². The predicted molar refractivity (Wildman–Crippen MR) is 78.9 cm³/mol. The van der Waals surface area contributed by atoms with Gasteiger partial charge in [0.25, 0.3) is 0 Å². The van der Waals surface area contributed by atoms with Gasteiger partial charge in [0, 0.05) is 39.3 Å². The molecule has 2 N–H and O–H groups in total. The van der Waals surface area contributed by atoms with Crippen LogP contribution in [0.25, 0.3) is 0 Å². The Bertz CT molecular complexity index is 320. The maximum absolute atomic E-state index is 11.9. The molecular formula is C12H29N3O3S. The van der Waals surface area contributed by atoms with E-state index >= 15 is 0 Å². The van der Waals surface area contributed by atoms with E-state index in [4.69, 9.17) is 4.74 Å². The molecule has 1 atom stereocenters. The topological polar surface area (TPSA) is 70.7 Å².